The number of nitrogens with one attached hydrogen (secondary N) is 1. The van der Waals surface area contributed by atoms with Crippen molar-refractivity contribution in [3.63, 3.8) is 0 Å². The molecule has 0 radical (unpaired) electrons. The number of hydrogen-bond acceptors (Lipinski definition) is 3. The molecular weight excluding hydrogens is 336 g/mol. The predicted molar refractivity (Wildman–Crippen MR) is 107 cm³/mol. The van der Waals surface area contributed by atoms with Crippen molar-refractivity contribution < 1.29 is 4.79 Å². The predicted octanol–water partition coefficient (Wildman–Crippen LogP) is 3.99. The van der Waals surface area contributed by atoms with Crippen LogP contribution in [0.15, 0.2) is 66.7 Å². The van der Waals surface area contributed by atoms with Gasteiger partial charge in [0.2, 0.25) is 0 Å². The second kappa shape index (κ2) is 7.03. The molecule has 0 saturated heterocycles. The third-order valence-corrected chi connectivity index (χ3v) is 4.62. The Morgan fingerprint density at radius 1 is 0.963 bits per heavy atom. The van der Waals surface area contributed by atoms with Crippen LogP contribution < -0.4 is 5.32 Å². The Balaban J connectivity index is 1.98. The minimum absolute atomic E-state index is 0.224. The molecule has 1 amide bonds. The maximum Gasteiger partial charge on any atom is 0.271 e. The second-order valence-corrected chi connectivity index (χ2v) is 6.29. The highest BCUT2D eigenvalue weighted by atomic mass is 16.1. The Morgan fingerprint density at radius 2 is 1.70 bits per heavy atom. The molecule has 4 aromatic rings. The van der Waals surface area contributed by atoms with Crippen molar-refractivity contribution in [3.05, 3.63) is 78.0 Å². The number of fused-ring (bicyclic) bond motifs is 1. The number of hydrogen-bond donors (Lipinski definition) is 1. The lowest BCUT2D eigenvalue weighted by molar-refractivity contribution is 0.0957. The molecule has 0 aliphatic carbocycles. The van der Waals surface area contributed by atoms with Crippen molar-refractivity contribution in [1.29, 1.82) is 0 Å². The van der Waals surface area contributed by atoms with Crippen LogP contribution in [-0.2, 0) is 6.42 Å². The first-order valence-corrected chi connectivity index (χ1v) is 8.98. The Kier molecular flexibility index (Phi) is 4.42. The molecule has 0 unspecified atom stereocenters. The van der Waals surface area contributed by atoms with Crippen molar-refractivity contribution in [2.24, 2.45) is 0 Å². The summed E-state index contributed by atoms with van der Waals surface area (Å²) in [4.78, 5) is 16.9. The monoisotopic (exact) mass is 356 g/mol. The van der Waals surface area contributed by atoms with Gasteiger partial charge in [-0.1, -0.05) is 61.5 Å². The molecule has 0 fully saturated rings. The Morgan fingerprint density at radius 3 is 2.37 bits per heavy atom. The number of carbonyl (C=O) groups is 1. The van der Waals surface area contributed by atoms with Crippen LogP contribution in [0.2, 0.25) is 0 Å². The van der Waals surface area contributed by atoms with Crippen LogP contribution in [0.4, 0.5) is 0 Å². The number of aromatic nitrogens is 3. The number of benzene rings is 2. The lowest BCUT2D eigenvalue weighted by Crippen LogP contribution is -2.20. The van der Waals surface area contributed by atoms with E-state index in [1.807, 2.05) is 36.4 Å². The third-order valence-electron chi connectivity index (χ3n) is 4.62. The maximum atomic E-state index is 12.0. The number of carbonyl (C=O) groups excluding carboxylic acids is 1. The largest absolute Gasteiger partial charge is 0.354 e. The smallest absolute Gasteiger partial charge is 0.271 e. The van der Waals surface area contributed by atoms with Gasteiger partial charge >= 0.3 is 0 Å². The second-order valence-electron chi connectivity index (χ2n) is 6.29. The van der Waals surface area contributed by atoms with Gasteiger partial charge in [0.25, 0.3) is 5.91 Å². The standard InChI is InChI=1S/C22H20N4O/c1-3-15-9-11-16(12-10-15)20-21(17-7-5-4-6-8-17)26-19(24-20)14-13-18(25-26)22(27)23-2/h4-14H,3H2,1-2H3,(H,23,27). The summed E-state index contributed by atoms with van der Waals surface area (Å²) in [5.41, 5.74) is 6.09. The zero-order valence-electron chi connectivity index (χ0n) is 15.3. The lowest BCUT2D eigenvalue weighted by atomic mass is 10.0. The maximum absolute atomic E-state index is 12.0. The van der Waals surface area contributed by atoms with Crippen molar-refractivity contribution in [3.8, 4) is 22.5 Å². The van der Waals surface area contributed by atoms with Gasteiger partial charge in [-0.25, -0.2) is 9.50 Å². The fourth-order valence-corrected chi connectivity index (χ4v) is 3.14. The minimum Gasteiger partial charge on any atom is -0.354 e. The van der Waals surface area contributed by atoms with E-state index in [9.17, 15) is 4.79 Å². The molecule has 0 saturated carbocycles. The van der Waals surface area contributed by atoms with E-state index in [2.05, 4.69) is 41.6 Å². The summed E-state index contributed by atoms with van der Waals surface area (Å²) in [6.45, 7) is 2.14. The highest BCUT2D eigenvalue weighted by Crippen LogP contribution is 2.32. The van der Waals surface area contributed by atoms with Crippen molar-refractivity contribution in [2.75, 3.05) is 7.05 Å². The molecule has 5 nitrogen and oxygen atoms in total. The molecule has 0 spiro atoms. The molecule has 0 aliphatic rings. The van der Waals surface area contributed by atoms with E-state index in [0.29, 0.717) is 11.3 Å². The van der Waals surface area contributed by atoms with E-state index in [0.717, 1.165) is 28.9 Å². The fourth-order valence-electron chi connectivity index (χ4n) is 3.14. The SMILES string of the molecule is CCc1ccc(-c2nc3ccc(C(=O)NC)nn3c2-c2ccccc2)cc1. The van der Waals surface area contributed by atoms with Crippen LogP contribution in [0.25, 0.3) is 28.2 Å². The van der Waals surface area contributed by atoms with Crippen LogP contribution in [-0.4, -0.2) is 27.6 Å². The Labute approximate surface area is 157 Å². The molecule has 2 heterocycles. The van der Waals surface area contributed by atoms with Gasteiger partial charge in [-0.15, -0.1) is 0 Å². The van der Waals surface area contributed by atoms with Crippen LogP contribution >= 0.6 is 0 Å². The molecule has 1 N–H and O–H groups in total. The first-order chi connectivity index (χ1) is 13.2. The van der Waals surface area contributed by atoms with Gasteiger partial charge in [-0.3, -0.25) is 4.79 Å². The molecule has 0 bridgehead atoms. The summed E-state index contributed by atoms with van der Waals surface area (Å²) < 4.78 is 1.75. The molecular formula is C22H20N4O. The van der Waals surface area contributed by atoms with Gasteiger partial charge < -0.3 is 5.32 Å². The van der Waals surface area contributed by atoms with Gasteiger partial charge in [-0.05, 0) is 24.1 Å². The van der Waals surface area contributed by atoms with Gasteiger partial charge in [-0.2, -0.15) is 5.10 Å². The average Bonchev–Trinajstić information content (AvgIpc) is 3.12. The molecule has 2 aromatic heterocycles. The number of amides is 1. The van der Waals surface area contributed by atoms with Gasteiger partial charge in [0, 0.05) is 18.2 Å². The average molecular weight is 356 g/mol. The van der Waals surface area contributed by atoms with Crippen LogP contribution in [0.3, 0.4) is 0 Å². The summed E-state index contributed by atoms with van der Waals surface area (Å²) in [5.74, 6) is -0.224. The summed E-state index contributed by atoms with van der Waals surface area (Å²) in [5, 5.41) is 7.17. The van der Waals surface area contributed by atoms with Crippen LogP contribution in [0, 0.1) is 0 Å². The van der Waals surface area contributed by atoms with E-state index < -0.39 is 0 Å². The molecule has 0 aliphatic heterocycles. The highest BCUT2D eigenvalue weighted by Gasteiger charge is 2.18. The quantitative estimate of drug-likeness (QED) is 0.601. The van der Waals surface area contributed by atoms with E-state index in [1.54, 1.807) is 17.6 Å². The fraction of sp³-hybridized carbons (Fsp3) is 0.136. The number of imidazole rings is 1. The van der Waals surface area contributed by atoms with Crippen molar-refractivity contribution >= 4 is 11.6 Å². The van der Waals surface area contributed by atoms with E-state index in [-0.39, 0.29) is 5.91 Å². The molecule has 134 valence electrons. The molecule has 0 atom stereocenters. The summed E-state index contributed by atoms with van der Waals surface area (Å²) in [7, 11) is 1.60. The summed E-state index contributed by atoms with van der Waals surface area (Å²) >= 11 is 0. The van der Waals surface area contributed by atoms with Gasteiger partial charge in [0.15, 0.2) is 5.65 Å². The van der Waals surface area contributed by atoms with Gasteiger partial charge in [0.1, 0.15) is 11.4 Å². The zero-order valence-corrected chi connectivity index (χ0v) is 15.3. The molecule has 2 aromatic carbocycles. The lowest BCUT2D eigenvalue weighted by Gasteiger charge is -2.06. The first kappa shape index (κ1) is 17.0. The zero-order chi connectivity index (χ0) is 18.8. The van der Waals surface area contributed by atoms with E-state index >= 15 is 0 Å². The van der Waals surface area contributed by atoms with Crippen LogP contribution in [0.5, 0.6) is 0 Å². The Hall–Kier alpha value is -3.47. The highest BCUT2D eigenvalue weighted by molar-refractivity contribution is 5.92. The van der Waals surface area contributed by atoms with Crippen molar-refractivity contribution in [1.82, 2.24) is 19.9 Å². The molecule has 4 rings (SSSR count). The normalized spacial score (nSPS) is 10.9. The summed E-state index contributed by atoms with van der Waals surface area (Å²) in [6, 6.07) is 22.0. The first-order valence-electron chi connectivity index (χ1n) is 8.98. The minimum atomic E-state index is -0.224. The number of nitrogens with zero attached hydrogens (tertiary/aromatic N) is 3. The van der Waals surface area contributed by atoms with Gasteiger partial charge in [0.05, 0.1) is 5.69 Å². The van der Waals surface area contributed by atoms with Crippen LogP contribution in [0.1, 0.15) is 23.0 Å². The third kappa shape index (κ3) is 3.08. The number of aryl methyl sites for hydroxylation is 1. The summed E-state index contributed by atoms with van der Waals surface area (Å²) in [6.07, 6.45) is 0.994. The van der Waals surface area contributed by atoms with E-state index in [4.69, 9.17) is 4.98 Å². The van der Waals surface area contributed by atoms with E-state index in [1.165, 1.54) is 5.56 Å². The molecule has 27 heavy (non-hydrogen) atoms. The topological polar surface area (TPSA) is 59.3 Å². The van der Waals surface area contributed by atoms with Crippen molar-refractivity contribution in [2.45, 2.75) is 13.3 Å². The Bertz CT molecular complexity index is 1100. The number of rotatable bonds is 4. The molecule has 5 heteroatoms.